The second-order valence-corrected chi connectivity index (χ2v) is 25.7. The zero-order valence-corrected chi connectivity index (χ0v) is 48.1. The van der Waals surface area contributed by atoms with Crippen LogP contribution < -0.4 is 15.6 Å². The van der Waals surface area contributed by atoms with Crippen molar-refractivity contribution in [3.05, 3.63) is 82.8 Å². The van der Waals surface area contributed by atoms with Gasteiger partial charge < -0.3 is 34.1 Å². The summed E-state index contributed by atoms with van der Waals surface area (Å²) in [5, 5.41) is 5.99. The number of esters is 1. The highest BCUT2D eigenvalue weighted by atomic mass is 16.5. The molecule has 2 saturated carbocycles. The SMILES string of the molecule is CCn1c(-c2cc(N3CCN(C4CC4)CC3)cnc2[C@H](C)OC)c2c3cc(ccc31)-c1cccc(c1)C[C@H](NC(=O)[C@H](C(C)C)N1CC[C@]3(CCN(C(=O)[C@H]4C(=C5CC5)N4C)C3)C1)C(=O)N1CCC[C@H](N1)C(=O)OCC(C)(C)C2. The molecular weight excluding hydrogens is 993 g/mol. The molecule has 0 radical (unpaired) electrons. The summed E-state index contributed by atoms with van der Waals surface area (Å²) in [6.07, 6.45) is 10.4. The summed E-state index contributed by atoms with van der Waals surface area (Å²) in [7, 11) is 3.78. The maximum atomic E-state index is 15.0. The molecule has 79 heavy (non-hydrogen) atoms. The van der Waals surface area contributed by atoms with Gasteiger partial charge in [0, 0.05) is 119 Å². The Morgan fingerprint density at radius 3 is 2.43 bits per heavy atom. The van der Waals surface area contributed by atoms with Gasteiger partial charge in [0.25, 0.3) is 11.8 Å². The van der Waals surface area contributed by atoms with Crippen LogP contribution in [0.25, 0.3) is 33.3 Å². The molecule has 7 fully saturated rings. The fourth-order valence-electron chi connectivity index (χ4n) is 14.3. The number of hydrazine groups is 1. The monoisotopic (exact) mass is 1080 g/mol. The number of carbonyl (C=O) groups is 4. The third-order valence-electron chi connectivity index (χ3n) is 19.0. The Kier molecular flexibility index (Phi) is 14.5. The number of amides is 3. The Hall–Kier alpha value is -5.81. The van der Waals surface area contributed by atoms with Crippen LogP contribution in [-0.4, -0.2) is 168 Å². The van der Waals surface area contributed by atoms with Gasteiger partial charge in [-0.15, -0.1) is 0 Å². The molecule has 422 valence electrons. The number of fused-ring (bicyclic) bond motifs is 6. The van der Waals surface area contributed by atoms with Crippen molar-refractivity contribution < 1.29 is 28.7 Å². The molecule has 2 N–H and O–H groups in total. The van der Waals surface area contributed by atoms with Crippen LogP contribution in [0.3, 0.4) is 0 Å². The van der Waals surface area contributed by atoms with Gasteiger partial charge in [0.05, 0.1) is 42.0 Å². The topological polar surface area (TPSA) is 148 Å². The standard InChI is InChI=1S/C63H84N10O6/c1-9-72-52-20-17-44-32-47(52)49(56(72)48-33-46(35-64-53(48)40(4)78-8)69-28-26-68(27-29-69)45-18-19-45)34-62(5,6)38-79-61(77)50-14-11-23-73(66-50)59(75)51(31-41-12-10-13-43(44)30-41)65-58(74)54(39(2)3)70-24-21-63(36-70)22-25-71(37-63)60(76)57-55(67(57)7)42-15-16-42/h10,12-13,17,20,30,32-33,35,39-40,45,50-51,54,57,66H,9,11,14-16,18-19,21-29,31,34,36-38H2,1-8H3,(H,65,74)/t40-,50-,51-,54-,57+,63-,67?/m0/s1. The van der Waals surface area contributed by atoms with E-state index in [4.69, 9.17) is 14.5 Å². The molecule has 8 aliphatic rings. The fraction of sp³-hybridized carbons (Fsp3) is 0.603. The van der Waals surface area contributed by atoms with Crippen LogP contribution in [0.5, 0.6) is 0 Å². The molecule has 16 heteroatoms. The summed E-state index contributed by atoms with van der Waals surface area (Å²) in [5.74, 6) is -0.683. The number of carbonyl (C=O) groups excluding carboxylic acids is 4. The number of hydrogen-bond donors (Lipinski definition) is 2. The van der Waals surface area contributed by atoms with Crippen LogP contribution in [0.15, 0.2) is 66.0 Å². The number of likely N-dealkylation sites (N-methyl/N-ethyl adjacent to an activating group) is 1. The van der Waals surface area contributed by atoms with Crippen LogP contribution in [-0.2, 0) is 48.0 Å². The van der Waals surface area contributed by atoms with E-state index in [2.05, 4.69) is 124 Å². The van der Waals surface area contributed by atoms with Crippen molar-refractivity contribution in [3.63, 3.8) is 0 Å². The number of cyclic esters (lactones) is 1. The van der Waals surface area contributed by atoms with E-state index in [0.29, 0.717) is 32.4 Å². The number of likely N-dealkylation sites (tertiary alicyclic amines) is 2. The lowest BCUT2D eigenvalue weighted by molar-refractivity contribution is -0.155. The van der Waals surface area contributed by atoms with E-state index in [-0.39, 0.29) is 54.2 Å². The van der Waals surface area contributed by atoms with Gasteiger partial charge in [0.2, 0.25) is 5.91 Å². The second-order valence-electron chi connectivity index (χ2n) is 25.7. The number of ether oxygens (including phenoxy) is 2. The fourth-order valence-corrected chi connectivity index (χ4v) is 14.3. The van der Waals surface area contributed by atoms with E-state index in [1.165, 1.54) is 29.7 Å². The molecule has 1 spiro atoms. The van der Waals surface area contributed by atoms with Crippen molar-refractivity contribution in [2.75, 3.05) is 84.6 Å². The number of hydrogen-bond acceptors (Lipinski definition) is 12. The molecule has 12 rings (SSSR count). The van der Waals surface area contributed by atoms with E-state index < -0.39 is 29.5 Å². The maximum absolute atomic E-state index is 15.0. The number of aromatic nitrogens is 2. The highest BCUT2D eigenvalue weighted by Crippen LogP contribution is 2.48. The molecule has 2 aliphatic carbocycles. The molecule has 4 aromatic rings. The molecule has 2 aromatic heterocycles. The molecule has 5 saturated heterocycles. The van der Waals surface area contributed by atoms with Gasteiger partial charge in [-0.2, -0.15) is 0 Å². The van der Waals surface area contributed by atoms with Crippen LogP contribution in [0.2, 0.25) is 0 Å². The Bertz CT molecular complexity index is 3060. The van der Waals surface area contributed by atoms with E-state index >= 15 is 9.59 Å². The summed E-state index contributed by atoms with van der Waals surface area (Å²) < 4.78 is 14.8. The number of rotatable bonds is 11. The van der Waals surface area contributed by atoms with Gasteiger partial charge in [-0.3, -0.25) is 39.0 Å². The maximum Gasteiger partial charge on any atom is 0.324 e. The van der Waals surface area contributed by atoms with E-state index in [1.54, 1.807) is 12.1 Å². The van der Waals surface area contributed by atoms with Crippen molar-refractivity contribution in [2.24, 2.45) is 16.7 Å². The summed E-state index contributed by atoms with van der Waals surface area (Å²) in [4.78, 5) is 74.9. The molecule has 0 unspecified atom stereocenters. The number of anilines is 1. The molecule has 8 heterocycles. The largest absolute Gasteiger partial charge is 0.464 e. The predicted octanol–water partition coefficient (Wildman–Crippen LogP) is 7.34. The average molecular weight is 1080 g/mol. The lowest BCUT2D eigenvalue weighted by Gasteiger charge is -2.37. The smallest absolute Gasteiger partial charge is 0.324 e. The summed E-state index contributed by atoms with van der Waals surface area (Å²) >= 11 is 0. The number of nitrogens with one attached hydrogen (secondary N) is 2. The highest BCUT2D eigenvalue weighted by Gasteiger charge is 2.54. The van der Waals surface area contributed by atoms with Gasteiger partial charge in [0.1, 0.15) is 18.1 Å². The zero-order valence-electron chi connectivity index (χ0n) is 48.1. The lowest BCUT2D eigenvalue weighted by atomic mass is 9.84. The minimum Gasteiger partial charge on any atom is -0.464 e. The first-order valence-electron chi connectivity index (χ1n) is 29.8. The number of piperazine rings is 1. The molecule has 2 aromatic carbocycles. The molecule has 6 aliphatic heterocycles. The minimum absolute atomic E-state index is 0.0397. The Morgan fingerprint density at radius 2 is 1.70 bits per heavy atom. The van der Waals surface area contributed by atoms with Crippen molar-refractivity contribution >= 4 is 40.3 Å². The summed E-state index contributed by atoms with van der Waals surface area (Å²) in [6, 6.07) is 16.0. The van der Waals surface area contributed by atoms with Crippen LogP contribution in [0.1, 0.15) is 116 Å². The van der Waals surface area contributed by atoms with Gasteiger partial charge in [-0.05, 0) is 130 Å². The molecule has 6 bridgehead atoms. The minimum atomic E-state index is -0.920. The van der Waals surface area contributed by atoms with Crippen molar-refractivity contribution in [3.8, 4) is 22.4 Å². The molecule has 3 amide bonds. The summed E-state index contributed by atoms with van der Waals surface area (Å²) in [5.41, 5.74) is 14.8. The van der Waals surface area contributed by atoms with E-state index in [9.17, 15) is 9.59 Å². The Balaban J connectivity index is 0.869. The van der Waals surface area contributed by atoms with Gasteiger partial charge in [0.15, 0.2) is 0 Å². The number of aryl methyl sites for hydroxylation is 1. The van der Waals surface area contributed by atoms with Gasteiger partial charge in [-0.25, -0.2) is 5.43 Å². The lowest BCUT2D eigenvalue weighted by Crippen LogP contribution is -2.62. The van der Waals surface area contributed by atoms with Gasteiger partial charge in [-0.1, -0.05) is 58.0 Å². The highest BCUT2D eigenvalue weighted by molar-refractivity contribution is 5.96. The number of pyridine rings is 1. The van der Waals surface area contributed by atoms with Crippen molar-refractivity contribution in [1.29, 1.82) is 0 Å². The third-order valence-corrected chi connectivity index (χ3v) is 19.0. The molecule has 6 atom stereocenters. The second kappa shape index (κ2) is 21.3. The first-order valence-corrected chi connectivity index (χ1v) is 29.8. The van der Waals surface area contributed by atoms with Crippen molar-refractivity contribution in [2.45, 2.75) is 149 Å². The summed E-state index contributed by atoms with van der Waals surface area (Å²) in [6.45, 7) is 21.0. The number of methoxy groups -OCH3 is 1. The number of benzene rings is 2. The van der Waals surface area contributed by atoms with Crippen LogP contribution in [0.4, 0.5) is 5.69 Å². The van der Waals surface area contributed by atoms with E-state index in [1.807, 2.05) is 19.3 Å². The first kappa shape index (κ1) is 53.8. The zero-order chi connectivity index (χ0) is 55.1. The number of nitrogens with zero attached hydrogens (tertiary/aromatic N) is 8. The predicted molar refractivity (Wildman–Crippen MR) is 307 cm³/mol. The van der Waals surface area contributed by atoms with E-state index in [0.717, 1.165) is 134 Å². The Morgan fingerprint density at radius 1 is 0.924 bits per heavy atom. The van der Waals surface area contributed by atoms with Crippen LogP contribution >= 0.6 is 0 Å². The normalized spacial score (nSPS) is 26.5. The first-order chi connectivity index (χ1) is 38.0. The number of allylic oxidation sites excluding steroid dienone is 1. The molecule has 16 nitrogen and oxygen atoms in total. The van der Waals surface area contributed by atoms with Crippen LogP contribution in [0, 0.1) is 16.7 Å². The average Bonchev–Trinajstić information content (AvgIpc) is 4.61. The molecular formula is C63H84N10O6. The quantitative estimate of drug-likeness (QED) is 0.114. The van der Waals surface area contributed by atoms with Crippen molar-refractivity contribution in [1.82, 2.24) is 44.9 Å². The van der Waals surface area contributed by atoms with Gasteiger partial charge >= 0.3 is 5.97 Å². The Labute approximate surface area is 467 Å². The third kappa shape index (κ3) is 10.6.